The molecule has 18 heavy (non-hydrogen) atoms. The van der Waals surface area contributed by atoms with E-state index >= 15 is 0 Å². The molecule has 0 spiro atoms. The van der Waals surface area contributed by atoms with E-state index in [0.29, 0.717) is 17.6 Å². The van der Waals surface area contributed by atoms with Gasteiger partial charge in [0.1, 0.15) is 0 Å². The summed E-state index contributed by atoms with van der Waals surface area (Å²) in [6.45, 7) is 12.7. The van der Waals surface area contributed by atoms with Crippen molar-refractivity contribution in [2.75, 3.05) is 13.6 Å². The summed E-state index contributed by atoms with van der Waals surface area (Å²) in [5.74, 6) is 0.931. The Morgan fingerprint density at radius 3 is 2.33 bits per heavy atom. The van der Waals surface area contributed by atoms with Crippen LogP contribution in [0.25, 0.3) is 0 Å². The van der Waals surface area contributed by atoms with Gasteiger partial charge in [0.05, 0.1) is 0 Å². The number of hydrogen-bond acceptors (Lipinski definition) is 2. The second-order valence-corrected chi connectivity index (χ2v) is 6.60. The molecule has 3 atom stereocenters. The molecule has 0 amide bonds. The highest BCUT2D eigenvalue weighted by Gasteiger charge is 2.36. The summed E-state index contributed by atoms with van der Waals surface area (Å²) in [6, 6.07) is 1.40. The van der Waals surface area contributed by atoms with Gasteiger partial charge in [0, 0.05) is 17.6 Å². The van der Waals surface area contributed by atoms with Crippen molar-refractivity contribution in [3.05, 3.63) is 0 Å². The van der Waals surface area contributed by atoms with Crippen LogP contribution in [0, 0.1) is 5.92 Å². The van der Waals surface area contributed by atoms with Gasteiger partial charge in [0.2, 0.25) is 0 Å². The van der Waals surface area contributed by atoms with Gasteiger partial charge in [-0.05, 0) is 59.0 Å². The van der Waals surface area contributed by atoms with Crippen LogP contribution < -0.4 is 5.32 Å². The number of nitrogens with one attached hydrogen (secondary N) is 1. The Bertz CT molecular complexity index is 237. The van der Waals surface area contributed by atoms with Gasteiger partial charge in [-0.25, -0.2) is 0 Å². The fourth-order valence-corrected chi connectivity index (χ4v) is 3.23. The highest BCUT2D eigenvalue weighted by molar-refractivity contribution is 4.94. The summed E-state index contributed by atoms with van der Waals surface area (Å²) in [6.07, 6.45) is 6.69. The Kier molecular flexibility index (Phi) is 6.13. The van der Waals surface area contributed by atoms with Crippen LogP contribution in [-0.2, 0) is 0 Å². The molecule has 2 nitrogen and oxygen atoms in total. The molecule has 0 aliphatic heterocycles. The zero-order valence-electron chi connectivity index (χ0n) is 13.4. The van der Waals surface area contributed by atoms with E-state index in [-0.39, 0.29) is 0 Å². The van der Waals surface area contributed by atoms with Crippen molar-refractivity contribution in [3.8, 4) is 0 Å². The summed E-state index contributed by atoms with van der Waals surface area (Å²) in [5, 5.41) is 3.71. The van der Waals surface area contributed by atoms with Crippen molar-refractivity contribution in [2.45, 2.75) is 84.3 Å². The third-order valence-electron chi connectivity index (χ3n) is 5.29. The SMILES string of the molecule is CCNC1CCC(CC)CC1N(C)C(C)(C)CC. The zero-order chi connectivity index (χ0) is 13.8. The quantitative estimate of drug-likeness (QED) is 0.778. The van der Waals surface area contributed by atoms with E-state index in [9.17, 15) is 0 Å². The lowest BCUT2D eigenvalue weighted by molar-refractivity contribution is 0.0385. The van der Waals surface area contributed by atoms with Gasteiger partial charge in [0.25, 0.3) is 0 Å². The summed E-state index contributed by atoms with van der Waals surface area (Å²) in [4.78, 5) is 2.64. The van der Waals surface area contributed by atoms with Crippen LogP contribution in [0.4, 0.5) is 0 Å². The molecule has 108 valence electrons. The summed E-state index contributed by atoms with van der Waals surface area (Å²) >= 11 is 0. The lowest BCUT2D eigenvalue weighted by Crippen LogP contribution is -2.57. The van der Waals surface area contributed by atoms with E-state index in [1.54, 1.807) is 0 Å². The molecular formula is C16H34N2. The van der Waals surface area contributed by atoms with Gasteiger partial charge in [-0.3, -0.25) is 4.90 Å². The first-order valence-corrected chi connectivity index (χ1v) is 7.92. The first-order chi connectivity index (χ1) is 8.46. The Morgan fingerprint density at radius 1 is 1.17 bits per heavy atom. The van der Waals surface area contributed by atoms with E-state index in [1.807, 2.05) is 0 Å². The Labute approximate surface area is 115 Å². The number of rotatable bonds is 6. The largest absolute Gasteiger partial charge is 0.313 e. The third-order valence-corrected chi connectivity index (χ3v) is 5.29. The fraction of sp³-hybridized carbons (Fsp3) is 1.00. The van der Waals surface area contributed by atoms with E-state index in [4.69, 9.17) is 0 Å². The summed E-state index contributed by atoms with van der Waals surface area (Å²) in [7, 11) is 2.33. The van der Waals surface area contributed by atoms with Crippen LogP contribution in [0.2, 0.25) is 0 Å². The smallest absolute Gasteiger partial charge is 0.0254 e. The third kappa shape index (κ3) is 3.71. The highest BCUT2D eigenvalue weighted by atomic mass is 15.2. The fourth-order valence-electron chi connectivity index (χ4n) is 3.23. The first-order valence-electron chi connectivity index (χ1n) is 7.92. The molecule has 0 bridgehead atoms. The minimum absolute atomic E-state index is 0.313. The molecule has 1 fully saturated rings. The number of nitrogens with zero attached hydrogens (tertiary/aromatic N) is 1. The number of hydrogen-bond donors (Lipinski definition) is 1. The molecule has 0 aromatic carbocycles. The minimum Gasteiger partial charge on any atom is -0.313 e. The molecule has 0 radical (unpaired) electrons. The highest BCUT2D eigenvalue weighted by Crippen LogP contribution is 2.33. The van der Waals surface area contributed by atoms with Crippen molar-refractivity contribution in [3.63, 3.8) is 0 Å². The van der Waals surface area contributed by atoms with E-state index in [2.05, 4.69) is 51.9 Å². The molecule has 0 aromatic rings. The maximum atomic E-state index is 3.71. The number of likely N-dealkylation sites (N-methyl/N-ethyl adjacent to an activating group) is 2. The lowest BCUT2D eigenvalue weighted by atomic mass is 9.79. The predicted molar refractivity (Wildman–Crippen MR) is 81.0 cm³/mol. The molecule has 1 aliphatic carbocycles. The monoisotopic (exact) mass is 254 g/mol. The van der Waals surface area contributed by atoms with Gasteiger partial charge < -0.3 is 5.32 Å². The van der Waals surface area contributed by atoms with Crippen LogP contribution in [-0.4, -0.2) is 36.1 Å². The maximum Gasteiger partial charge on any atom is 0.0254 e. The average molecular weight is 254 g/mol. The van der Waals surface area contributed by atoms with Crippen molar-refractivity contribution in [2.24, 2.45) is 5.92 Å². The van der Waals surface area contributed by atoms with Gasteiger partial charge >= 0.3 is 0 Å². The maximum absolute atomic E-state index is 3.71. The minimum atomic E-state index is 0.313. The van der Waals surface area contributed by atoms with E-state index in [0.717, 1.165) is 12.5 Å². The Balaban J connectivity index is 2.77. The van der Waals surface area contributed by atoms with Gasteiger partial charge in [-0.15, -0.1) is 0 Å². The summed E-state index contributed by atoms with van der Waals surface area (Å²) in [5.41, 5.74) is 0.313. The molecular weight excluding hydrogens is 220 g/mol. The molecule has 1 rings (SSSR count). The topological polar surface area (TPSA) is 15.3 Å². The van der Waals surface area contributed by atoms with E-state index in [1.165, 1.54) is 32.1 Å². The molecule has 0 saturated heterocycles. The standard InChI is InChI=1S/C16H34N2/c1-7-13-10-11-14(17-9-3)15(12-13)18(6)16(4,5)8-2/h13-15,17H,7-12H2,1-6H3. The van der Waals surface area contributed by atoms with Crippen LogP contribution >= 0.6 is 0 Å². The molecule has 3 unspecified atom stereocenters. The van der Waals surface area contributed by atoms with Crippen molar-refractivity contribution in [1.82, 2.24) is 10.2 Å². The van der Waals surface area contributed by atoms with Crippen molar-refractivity contribution in [1.29, 1.82) is 0 Å². The second kappa shape index (κ2) is 6.91. The Hall–Kier alpha value is -0.0800. The van der Waals surface area contributed by atoms with Crippen LogP contribution in [0.5, 0.6) is 0 Å². The lowest BCUT2D eigenvalue weighted by Gasteiger charge is -2.48. The van der Waals surface area contributed by atoms with Gasteiger partial charge in [-0.2, -0.15) is 0 Å². The van der Waals surface area contributed by atoms with Crippen LogP contribution in [0.1, 0.15) is 66.7 Å². The molecule has 1 N–H and O–H groups in total. The molecule has 1 aliphatic rings. The average Bonchev–Trinajstić information content (AvgIpc) is 2.38. The second-order valence-electron chi connectivity index (χ2n) is 6.60. The van der Waals surface area contributed by atoms with Crippen LogP contribution in [0.15, 0.2) is 0 Å². The first kappa shape index (κ1) is 16.0. The summed E-state index contributed by atoms with van der Waals surface area (Å²) < 4.78 is 0. The van der Waals surface area contributed by atoms with Crippen molar-refractivity contribution < 1.29 is 0 Å². The molecule has 0 heterocycles. The normalized spacial score (nSPS) is 29.8. The van der Waals surface area contributed by atoms with E-state index < -0.39 is 0 Å². The molecule has 1 saturated carbocycles. The molecule has 2 heteroatoms. The Morgan fingerprint density at radius 2 is 1.83 bits per heavy atom. The molecule has 0 aromatic heterocycles. The predicted octanol–water partition coefficient (Wildman–Crippen LogP) is 3.66. The zero-order valence-corrected chi connectivity index (χ0v) is 13.4. The van der Waals surface area contributed by atoms with Gasteiger partial charge in [-0.1, -0.05) is 27.2 Å². The van der Waals surface area contributed by atoms with Crippen LogP contribution in [0.3, 0.4) is 0 Å². The van der Waals surface area contributed by atoms with Crippen molar-refractivity contribution >= 4 is 0 Å². The van der Waals surface area contributed by atoms with Gasteiger partial charge in [0.15, 0.2) is 0 Å².